The number of ketones is 1. The Bertz CT molecular complexity index is 1280. The van der Waals surface area contributed by atoms with E-state index in [1.807, 2.05) is 72.4 Å². The number of amides is 1. The lowest BCUT2D eigenvalue weighted by Gasteiger charge is -2.47. The van der Waals surface area contributed by atoms with E-state index in [1.165, 1.54) is 22.3 Å². The molecule has 0 spiro atoms. The lowest BCUT2D eigenvalue weighted by Crippen LogP contribution is -2.60. The van der Waals surface area contributed by atoms with Crippen molar-refractivity contribution >= 4 is 17.6 Å². The molecule has 2 saturated heterocycles. The molecule has 2 atom stereocenters. The van der Waals surface area contributed by atoms with E-state index < -0.39 is 0 Å². The van der Waals surface area contributed by atoms with Gasteiger partial charge in [0.2, 0.25) is 0 Å². The zero-order valence-corrected chi connectivity index (χ0v) is 21.3. The van der Waals surface area contributed by atoms with E-state index in [-0.39, 0.29) is 35.8 Å². The highest BCUT2D eigenvalue weighted by Gasteiger charge is 2.45. The van der Waals surface area contributed by atoms with Crippen molar-refractivity contribution in [2.45, 2.75) is 30.8 Å². The molecule has 2 unspecified atom stereocenters. The molecule has 3 aromatic carbocycles. The Hall–Kier alpha value is -3.64. The zero-order chi connectivity index (χ0) is 25.5. The second-order valence-electron chi connectivity index (χ2n) is 10.5. The molecule has 37 heavy (non-hydrogen) atoms. The standard InChI is InChI=1S/C31H32N2O4/c1-32(2)29-14-8-7-13-27(29)30(34)20-15-21-17-36-18-22(16-20)33(21)31(35)37-19-28-25-11-5-3-9-23(25)24-10-4-6-12-26(24)28/h3-14,20-22,28H,15-19H2,1-2H3. The molecule has 6 heteroatoms. The van der Waals surface area contributed by atoms with Crippen LogP contribution in [0.2, 0.25) is 0 Å². The summed E-state index contributed by atoms with van der Waals surface area (Å²) in [6.45, 7) is 1.15. The quantitative estimate of drug-likeness (QED) is 0.445. The van der Waals surface area contributed by atoms with Crippen molar-refractivity contribution in [1.82, 2.24) is 4.90 Å². The Kier molecular flexibility index (Phi) is 6.21. The highest BCUT2D eigenvalue weighted by Crippen LogP contribution is 2.45. The van der Waals surface area contributed by atoms with Gasteiger partial charge < -0.3 is 14.4 Å². The maximum absolute atomic E-state index is 13.6. The highest BCUT2D eigenvalue weighted by molar-refractivity contribution is 6.03. The van der Waals surface area contributed by atoms with Crippen molar-refractivity contribution in [2.24, 2.45) is 5.92 Å². The van der Waals surface area contributed by atoms with Gasteiger partial charge in [0, 0.05) is 37.2 Å². The first-order valence-corrected chi connectivity index (χ1v) is 13.0. The largest absolute Gasteiger partial charge is 0.448 e. The number of rotatable bonds is 5. The van der Waals surface area contributed by atoms with Crippen LogP contribution in [0.15, 0.2) is 72.8 Å². The zero-order valence-electron chi connectivity index (χ0n) is 21.3. The molecule has 2 bridgehead atoms. The summed E-state index contributed by atoms with van der Waals surface area (Å²) in [5, 5.41) is 0. The van der Waals surface area contributed by atoms with Crippen molar-refractivity contribution in [1.29, 1.82) is 0 Å². The number of fused-ring (bicyclic) bond motifs is 5. The molecular formula is C31H32N2O4. The van der Waals surface area contributed by atoms with Crippen LogP contribution in [0.4, 0.5) is 10.5 Å². The third-order valence-electron chi connectivity index (χ3n) is 8.09. The molecule has 0 N–H and O–H groups in total. The number of benzene rings is 3. The van der Waals surface area contributed by atoms with Crippen molar-refractivity contribution in [3.8, 4) is 11.1 Å². The first-order chi connectivity index (χ1) is 18.0. The SMILES string of the molecule is CN(C)c1ccccc1C(=O)C1CC2COCC(C1)N2C(=O)OCC1c2ccccc2-c2ccccc21. The number of morpholine rings is 1. The van der Waals surface area contributed by atoms with Crippen molar-refractivity contribution in [2.75, 3.05) is 38.8 Å². The first kappa shape index (κ1) is 23.7. The van der Waals surface area contributed by atoms with Crippen LogP contribution in [0.5, 0.6) is 0 Å². The minimum atomic E-state index is -0.306. The van der Waals surface area contributed by atoms with Gasteiger partial charge in [-0.2, -0.15) is 0 Å². The summed E-state index contributed by atoms with van der Waals surface area (Å²) in [5.41, 5.74) is 6.48. The number of hydrogen-bond acceptors (Lipinski definition) is 5. The van der Waals surface area contributed by atoms with E-state index in [0.29, 0.717) is 32.7 Å². The maximum atomic E-state index is 13.6. The average molecular weight is 497 g/mol. The van der Waals surface area contributed by atoms with Gasteiger partial charge in [-0.25, -0.2) is 4.79 Å². The number of piperidine rings is 1. The normalized spacial score (nSPS) is 22.2. The molecule has 1 amide bonds. The van der Waals surface area contributed by atoms with E-state index >= 15 is 0 Å². The summed E-state index contributed by atoms with van der Waals surface area (Å²) in [7, 11) is 3.91. The third kappa shape index (κ3) is 4.19. The summed E-state index contributed by atoms with van der Waals surface area (Å²) in [6.07, 6.45) is 0.863. The molecule has 6 nitrogen and oxygen atoms in total. The number of carbonyl (C=O) groups is 2. The predicted octanol–water partition coefficient (Wildman–Crippen LogP) is 5.36. The van der Waals surface area contributed by atoms with Gasteiger partial charge in [0.05, 0.1) is 25.3 Å². The van der Waals surface area contributed by atoms with Gasteiger partial charge in [-0.05, 0) is 47.2 Å². The van der Waals surface area contributed by atoms with Gasteiger partial charge in [-0.1, -0.05) is 60.7 Å². The molecule has 1 aliphatic carbocycles. The molecule has 3 aromatic rings. The van der Waals surface area contributed by atoms with Gasteiger partial charge in [0.1, 0.15) is 6.61 Å². The minimum absolute atomic E-state index is 0.0223. The Morgan fingerprint density at radius 2 is 1.43 bits per heavy atom. The van der Waals surface area contributed by atoms with Crippen LogP contribution in [0.1, 0.15) is 40.2 Å². The topological polar surface area (TPSA) is 59.1 Å². The lowest BCUT2D eigenvalue weighted by molar-refractivity contribution is -0.0747. The molecule has 6 rings (SSSR count). The van der Waals surface area contributed by atoms with Gasteiger partial charge >= 0.3 is 6.09 Å². The van der Waals surface area contributed by atoms with Crippen LogP contribution in [-0.2, 0) is 9.47 Å². The number of anilines is 1. The highest BCUT2D eigenvalue weighted by atomic mass is 16.6. The fraction of sp³-hybridized carbons (Fsp3) is 0.355. The molecule has 3 aliphatic rings. The van der Waals surface area contributed by atoms with E-state index in [9.17, 15) is 9.59 Å². The van der Waals surface area contributed by atoms with Gasteiger partial charge in [0.25, 0.3) is 0 Å². The second-order valence-corrected chi connectivity index (χ2v) is 10.5. The number of hydrogen-bond donors (Lipinski definition) is 0. The van der Waals surface area contributed by atoms with Crippen LogP contribution in [0.25, 0.3) is 11.1 Å². The second kappa shape index (κ2) is 9.67. The van der Waals surface area contributed by atoms with E-state index in [0.717, 1.165) is 11.3 Å². The van der Waals surface area contributed by atoms with E-state index in [1.54, 1.807) is 0 Å². The maximum Gasteiger partial charge on any atom is 0.410 e. The molecule has 2 heterocycles. The Labute approximate surface area is 217 Å². The Balaban J connectivity index is 1.17. The molecule has 2 fully saturated rings. The van der Waals surface area contributed by atoms with Gasteiger partial charge in [-0.3, -0.25) is 9.69 Å². The summed E-state index contributed by atoms with van der Waals surface area (Å²) < 4.78 is 11.8. The minimum Gasteiger partial charge on any atom is -0.448 e. The number of carbonyl (C=O) groups excluding carboxylic acids is 2. The van der Waals surface area contributed by atoms with Crippen molar-refractivity contribution in [3.05, 3.63) is 89.5 Å². The van der Waals surface area contributed by atoms with Crippen LogP contribution in [-0.4, -0.2) is 62.8 Å². The molecule has 0 radical (unpaired) electrons. The van der Waals surface area contributed by atoms with Crippen LogP contribution in [0.3, 0.4) is 0 Å². The fourth-order valence-electron chi connectivity index (χ4n) is 6.39. The Morgan fingerprint density at radius 1 is 0.865 bits per heavy atom. The number of ether oxygens (including phenoxy) is 2. The molecule has 0 aromatic heterocycles. The summed E-state index contributed by atoms with van der Waals surface area (Å²) in [5.74, 6) is 0.0279. The van der Waals surface area contributed by atoms with Crippen LogP contribution < -0.4 is 4.90 Å². The van der Waals surface area contributed by atoms with Crippen molar-refractivity contribution < 1.29 is 19.1 Å². The monoisotopic (exact) mass is 496 g/mol. The number of para-hydroxylation sites is 1. The van der Waals surface area contributed by atoms with E-state index in [4.69, 9.17) is 9.47 Å². The molecule has 190 valence electrons. The van der Waals surface area contributed by atoms with Gasteiger partial charge in [0.15, 0.2) is 5.78 Å². The number of nitrogens with zero attached hydrogens (tertiary/aromatic N) is 2. The summed E-state index contributed by atoms with van der Waals surface area (Å²) in [4.78, 5) is 30.8. The van der Waals surface area contributed by atoms with Crippen LogP contribution in [0, 0.1) is 5.92 Å². The first-order valence-electron chi connectivity index (χ1n) is 13.0. The van der Waals surface area contributed by atoms with Gasteiger partial charge in [-0.15, -0.1) is 0 Å². The lowest BCUT2D eigenvalue weighted by atomic mass is 9.80. The molecule has 2 aliphatic heterocycles. The average Bonchev–Trinajstić information content (AvgIpc) is 3.24. The summed E-state index contributed by atoms with van der Waals surface area (Å²) in [6, 6.07) is 24.1. The van der Waals surface area contributed by atoms with Crippen LogP contribution >= 0.6 is 0 Å². The van der Waals surface area contributed by atoms with Crippen molar-refractivity contribution in [3.63, 3.8) is 0 Å². The fourth-order valence-corrected chi connectivity index (χ4v) is 6.39. The third-order valence-corrected chi connectivity index (χ3v) is 8.09. The smallest absolute Gasteiger partial charge is 0.410 e. The predicted molar refractivity (Wildman–Crippen MR) is 143 cm³/mol. The molecular weight excluding hydrogens is 464 g/mol. The number of Topliss-reactive ketones (excluding diaryl/α,β-unsaturated/α-hetero) is 1. The molecule has 0 saturated carbocycles. The Morgan fingerprint density at radius 3 is 2.05 bits per heavy atom. The van der Waals surface area contributed by atoms with E-state index in [2.05, 4.69) is 24.3 Å². The summed E-state index contributed by atoms with van der Waals surface area (Å²) >= 11 is 0.